The number of nitrogens with zero attached hydrogens (tertiary/aromatic N) is 3. The van der Waals surface area contributed by atoms with Gasteiger partial charge in [-0.1, -0.05) is 29.3 Å². The number of nitrogens with two attached hydrogens (primary N) is 1. The molecular weight excluding hydrogens is 347 g/mol. The second kappa shape index (κ2) is 7.03. The maximum atomic E-state index is 6.22. The fraction of sp³-hybridized carbons (Fsp3) is 0.118. The van der Waals surface area contributed by atoms with Gasteiger partial charge >= 0.3 is 0 Å². The molecule has 7 heteroatoms. The van der Waals surface area contributed by atoms with Crippen molar-refractivity contribution in [1.82, 2.24) is 15.0 Å². The minimum absolute atomic E-state index is 0.227. The highest BCUT2D eigenvalue weighted by Gasteiger charge is 2.12. The standard InChI is InChI=1S/C17H14Cl2N4O/c1-10(15-3-2-13(18)5-16(15)19)24-14-4-11(6-21-9-14)12-7-22-17(20)23-8-12/h2-10H,1H3,(H2,20,22,23). The monoisotopic (exact) mass is 360 g/mol. The second-order valence-corrected chi connectivity index (χ2v) is 6.01. The van der Waals surface area contributed by atoms with Crippen LogP contribution in [0.2, 0.25) is 10.0 Å². The molecule has 0 aliphatic heterocycles. The van der Waals surface area contributed by atoms with Crippen LogP contribution in [-0.2, 0) is 0 Å². The third kappa shape index (κ3) is 3.75. The maximum Gasteiger partial charge on any atom is 0.219 e. The molecule has 2 heterocycles. The molecule has 2 N–H and O–H groups in total. The number of hydrogen-bond donors (Lipinski definition) is 1. The van der Waals surface area contributed by atoms with Crippen LogP contribution in [0.5, 0.6) is 5.75 Å². The smallest absolute Gasteiger partial charge is 0.219 e. The molecule has 5 nitrogen and oxygen atoms in total. The minimum Gasteiger partial charge on any atom is -0.484 e. The number of ether oxygens (including phenoxy) is 1. The Morgan fingerprint density at radius 3 is 2.46 bits per heavy atom. The van der Waals surface area contributed by atoms with E-state index in [4.69, 9.17) is 33.7 Å². The van der Waals surface area contributed by atoms with E-state index in [1.807, 2.05) is 19.1 Å². The van der Waals surface area contributed by atoms with Gasteiger partial charge in [-0.15, -0.1) is 0 Å². The van der Waals surface area contributed by atoms with Gasteiger partial charge in [-0.3, -0.25) is 4.98 Å². The Morgan fingerprint density at radius 1 is 1.00 bits per heavy atom. The molecule has 1 atom stereocenters. The molecule has 0 spiro atoms. The van der Waals surface area contributed by atoms with Gasteiger partial charge in [0.15, 0.2) is 0 Å². The highest BCUT2D eigenvalue weighted by Crippen LogP contribution is 2.30. The highest BCUT2D eigenvalue weighted by atomic mass is 35.5. The molecular formula is C17H14Cl2N4O. The lowest BCUT2D eigenvalue weighted by Gasteiger charge is -2.16. The van der Waals surface area contributed by atoms with Crippen molar-refractivity contribution in [2.24, 2.45) is 0 Å². The fourth-order valence-corrected chi connectivity index (χ4v) is 2.79. The molecule has 2 aromatic heterocycles. The van der Waals surface area contributed by atoms with Crippen LogP contribution < -0.4 is 10.5 Å². The molecule has 0 aliphatic rings. The van der Waals surface area contributed by atoms with E-state index in [1.54, 1.807) is 36.9 Å². The Labute approximate surface area is 149 Å². The van der Waals surface area contributed by atoms with Gasteiger partial charge < -0.3 is 10.5 Å². The molecule has 24 heavy (non-hydrogen) atoms. The van der Waals surface area contributed by atoms with Crippen LogP contribution in [0.1, 0.15) is 18.6 Å². The summed E-state index contributed by atoms with van der Waals surface area (Å²) in [5.41, 5.74) is 7.99. The lowest BCUT2D eigenvalue weighted by atomic mass is 10.1. The van der Waals surface area contributed by atoms with Gasteiger partial charge in [0, 0.05) is 45.3 Å². The molecule has 0 bridgehead atoms. The first-order chi connectivity index (χ1) is 11.5. The van der Waals surface area contributed by atoms with E-state index >= 15 is 0 Å². The number of aromatic nitrogens is 3. The summed E-state index contributed by atoms with van der Waals surface area (Å²) < 4.78 is 5.95. The van der Waals surface area contributed by atoms with E-state index in [1.165, 1.54) is 0 Å². The number of hydrogen-bond acceptors (Lipinski definition) is 5. The lowest BCUT2D eigenvalue weighted by Crippen LogP contribution is -2.04. The summed E-state index contributed by atoms with van der Waals surface area (Å²) in [5.74, 6) is 0.841. The topological polar surface area (TPSA) is 73.9 Å². The third-order valence-corrected chi connectivity index (χ3v) is 3.99. The Morgan fingerprint density at radius 2 is 1.75 bits per heavy atom. The maximum absolute atomic E-state index is 6.22. The zero-order valence-corrected chi connectivity index (χ0v) is 14.3. The Balaban J connectivity index is 1.82. The largest absolute Gasteiger partial charge is 0.484 e. The quantitative estimate of drug-likeness (QED) is 0.737. The Bertz CT molecular complexity index is 855. The van der Waals surface area contributed by atoms with Crippen LogP contribution >= 0.6 is 23.2 Å². The average Bonchev–Trinajstić information content (AvgIpc) is 2.55. The zero-order chi connectivity index (χ0) is 17.1. The number of pyridine rings is 1. The molecule has 0 saturated carbocycles. The van der Waals surface area contributed by atoms with Crippen LogP contribution in [0.25, 0.3) is 11.1 Å². The molecule has 0 amide bonds. The molecule has 1 aromatic carbocycles. The van der Waals surface area contributed by atoms with E-state index in [2.05, 4.69) is 15.0 Å². The number of nitrogen functional groups attached to an aromatic ring is 1. The third-order valence-electron chi connectivity index (χ3n) is 3.43. The van der Waals surface area contributed by atoms with Gasteiger partial charge in [0.1, 0.15) is 11.9 Å². The van der Waals surface area contributed by atoms with Gasteiger partial charge in [0.2, 0.25) is 5.95 Å². The number of rotatable bonds is 4. The van der Waals surface area contributed by atoms with Crippen molar-refractivity contribution in [2.45, 2.75) is 13.0 Å². The summed E-state index contributed by atoms with van der Waals surface area (Å²) in [6.07, 6.45) is 6.38. The minimum atomic E-state index is -0.255. The summed E-state index contributed by atoms with van der Waals surface area (Å²) in [4.78, 5) is 12.2. The summed E-state index contributed by atoms with van der Waals surface area (Å²) >= 11 is 12.1. The molecule has 0 radical (unpaired) electrons. The van der Waals surface area contributed by atoms with Gasteiger partial charge in [0.25, 0.3) is 0 Å². The zero-order valence-electron chi connectivity index (χ0n) is 12.8. The van der Waals surface area contributed by atoms with Crippen molar-refractivity contribution in [1.29, 1.82) is 0 Å². The SMILES string of the molecule is CC(Oc1cncc(-c2cnc(N)nc2)c1)c1ccc(Cl)cc1Cl. The molecule has 0 saturated heterocycles. The van der Waals surface area contributed by atoms with Gasteiger partial charge in [-0.25, -0.2) is 9.97 Å². The van der Waals surface area contributed by atoms with Gasteiger partial charge in [0.05, 0.1) is 6.20 Å². The lowest BCUT2D eigenvalue weighted by molar-refractivity contribution is 0.226. The van der Waals surface area contributed by atoms with Gasteiger partial charge in [-0.05, 0) is 25.1 Å². The van der Waals surface area contributed by atoms with Crippen molar-refractivity contribution < 1.29 is 4.74 Å². The Kier molecular flexibility index (Phi) is 4.83. The molecule has 122 valence electrons. The first-order valence-electron chi connectivity index (χ1n) is 7.17. The molecule has 1 unspecified atom stereocenters. The second-order valence-electron chi connectivity index (χ2n) is 5.17. The van der Waals surface area contributed by atoms with Crippen molar-refractivity contribution in [3.63, 3.8) is 0 Å². The van der Waals surface area contributed by atoms with E-state index in [-0.39, 0.29) is 12.1 Å². The number of benzene rings is 1. The predicted octanol–water partition coefficient (Wildman–Crippen LogP) is 4.57. The molecule has 0 fully saturated rings. The fourth-order valence-electron chi connectivity index (χ4n) is 2.23. The van der Waals surface area contributed by atoms with Crippen LogP contribution in [0.3, 0.4) is 0 Å². The first kappa shape index (κ1) is 16.5. The average molecular weight is 361 g/mol. The normalized spacial score (nSPS) is 12.0. The van der Waals surface area contributed by atoms with Crippen LogP contribution in [-0.4, -0.2) is 15.0 Å². The molecule has 3 rings (SSSR count). The number of anilines is 1. The van der Waals surface area contributed by atoms with E-state index in [0.717, 1.165) is 16.7 Å². The van der Waals surface area contributed by atoms with Crippen molar-refractivity contribution in [2.75, 3.05) is 5.73 Å². The van der Waals surface area contributed by atoms with Gasteiger partial charge in [-0.2, -0.15) is 0 Å². The number of halogens is 2. The first-order valence-corrected chi connectivity index (χ1v) is 7.93. The van der Waals surface area contributed by atoms with Crippen molar-refractivity contribution >= 4 is 29.2 Å². The highest BCUT2D eigenvalue weighted by molar-refractivity contribution is 6.35. The summed E-state index contributed by atoms with van der Waals surface area (Å²) in [7, 11) is 0. The molecule has 0 aliphatic carbocycles. The van der Waals surface area contributed by atoms with Crippen LogP contribution in [0, 0.1) is 0 Å². The Hall–Kier alpha value is -2.37. The van der Waals surface area contributed by atoms with Crippen LogP contribution in [0.15, 0.2) is 49.1 Å². The van der Waals surface area contributed by atoms with E-state index < -0.39 is 0 Å². The van der Waals surface area contributed by atoms with E-state index in [9.17, 15) is 0 Å². The molecule has 3 aromatic rings. The van der Waals surface area contributed by atoms with Crippen LogP contribution in [0.4, 0.5) is 5.95 Å². The summed E-state index contributed by atoms with van der Waals surface area (Å²) in [5, 5.41) is 1.15. The van der Waals surface area contributed by atoms with Crippen molar-refractivity contribution in [3.05, 3.63) is 64.7 Å². The summed E-state index contributed by atoms with van der Waals surface area (Å²) in [6, 6.07) is 7.18. The summed E-state index contributed by atoms with van der Waals surface area (Å²) in [6.45, 7) is 1.91. The van der Waals surface area contributed by atoms with E-state index in [0.29, 0.717) is 15.8 Å². The predicted molar refractivity (Wildman–Crippen MR) is 95.2 cm³/mol. The van der Waals surface area contributed by atoms with Crippen molar-refractivity contribution in [3.8, 4) is 16.9 Å².